The van der Waals surface area contributed by atoms with Crippen LogP contribution >= 0.6 is 0 Å². The highest BCUT2D eigenvalue weighted by Crippen LogP contribution is 2.41. The fraction of sp³-hybridized carbons (Fsp3) is 0. The second-order valence-electron chi connectivity index (χ2n) is 16.6. The van der Waals surface area contributed by atoms with E-state index in [1.54, 1.807) is 0 Å². The summed E-state index contributed by atoms with van der Waals surface area (Å²) < 4.78 is 9.41. The van der Waals surface area contributed by atoms with Gasteiger partial charge < -0.3 is 4.57 Å². The van der Waals surface area contributed by atoms with E-state index >= 15 is 0 Å². The fourth-order valence-electron chi connectivity index (χ4n) is 10.6. The monoisotopic (exact) mass is 816 g/mol. The average Bonchev–Trinajstić information content (AvgIpc) is 4.09. The van der Waals surface area contributed by atoms with Crippen molar-refractivity contribution in [3.05, 3.63) is 219 Å². The van der Waals surface area contributed by atoms with Gasteiger partial charge in [-0.25, -0.2) is 9.97 Å². The zero-order valence-electron chi connectivity index (χ0n) is 34.5. The normalized spacial score (nSPS) is 12.1. The molecule has 6 heterocycles. The largest absolute Gasteiger partial charge is 0.307 e. The first-order valence-electron chi connectivity index (χ1n) is 21.8. The molecule has 8 aromatic carbocycles. The molecule has 0 N–H and O–H groups in total. The first-order valence-corrected chi connectivity index (χ1v) is 21.8. The van der Waals surface area contributed by atoms with Crippen LogP contribution in [0.15, 0.2) is 219 Å². The van der Waals surface area contributed by atoms with Gasteiger partial charge in [0.15, 0.2) is 0 Å². The highest BCUT2D eigenvalue weighted by molar-refractivity contribution is 6.15. The number of hydrogen-bond acceptors (Lipinski definition) is 2. The standard InChI is InChI=1S/C58H36N6/c1-8-24-47-39(16-1)40-17-2-9-25-48(40)61(47)54-31-15-23-46-45-22-7-14-30-53(45)64(58(46)54)55-34-37(32-33-59-55)38-35-56(62-49-26-10-3-18-41(49)42-19-4-11-27-50(42)62)60-57(36-38)63-51-28-12-5-20-43(51)44-21-6-13-29-52(44)63/h1-36H. The lowest BCUT2D eigenvalue weighted by Crippen LogP contribution is -2.05. The molecule has 14 rings (SSSR count). The number of fused-ring (bicyclic) bond motifs is 12. The van der Waals surface area contributed by atoms with Gasteiger partial charge in [-0.15, -0.1) is 0 Å². The van der Waals surface area contributed by atoms with Crippen molar-refractivity contribution in [3.63, 3.8) is 0 Å². The van der Waals surface area contributed by atoms with Crippen LogP contribution in [0.25, 0.3) is 121 Å². The van der Waals surface area contributed by atoms with Crippen LogP contribution in [-0.2, 0) is 0 Å². The van der Waals surface area contributed by atoms with Crippen LogP contribution in [0.1, 0.15) is 0 Å². The molecular weight excluding hydrogens is 781 g/mol. The summed E-state index contributed by atoms with van der Waals surface area (Å²) in [6.45, 7) is 0. The van der Waals surface area contributed by atoms with Crippen molar-refractivity contribution in [2.75, 3.05) is 0 Å². The summed E-state index contributed by atoms with van der Waals surface area (Å²) >= 11 is 0. The Hall–Kier alpha value is -8.74. The van der Waals surface area contributed by atoms with Crippen LogP contribution in [0.2, 0.25) is 0 Å². The minimum atomic E-state index is 0.838. The van der Waals surface area contributed by atoms with Gasteiger partial charge in [-0.2, -0.15) is 0 Å². The number of para-hydroxylation sites is 8. The molecule has 0 unspecified atom stereocenters. The van der Waals surface area contributed by atoms with Gasteiger partial charge in [0.2, 0.25) is 0 Å². The molecule has 14 aromatic rings. The highest BCUT2D eigenvalue weighted by Gasteiger charge is 2.22. The summed E-state index contributed by atoms with van der Waals surface area (Å²) in [6, 6.07) is 76.2. The van der Waals surface area contributed by atoms with E-state index in [0.29, 0.717) is 0 Å². The lowest BCUT2D eigenvalue weighted by atomic mass is 10.1. The maximum atomic E-state index is 5.59. The van der Waals surface area contributed by atoms with Gasteiger partial charge in [0.1, 0.15) is 17.5 Å². The van der Waals surface area contributed by atoms with Crippen molar-refractivity contribution >= 4 is 87.2 Å². The summed E-state index contributed by atoms with van der Waals surface area (Å²) in [7, 11) is 0. The smallest absolute Gasteiger partial charge is 0.140 e. The first kappa shape index (κ1) is 34.9. The lowest BCUT2D eigenvalue weighted by molar-refractivity contribution is 1.01. The Morgan fingerprint density at radius 3 is 1.05 bits per heavy atom. The van der Waals surface area contributed by atoms with Crippen LogP contribution in [-0.4, -0.2) is 28.2 Å². The molecule has 298 valence electrons. The molecule has 0 atom stereocenters. The molecule has 6 nitrogen and oxygen atoms in total. The molecule has 0 radical (unpaired) electrons. The van der Waals surface area contributed by atoms with E-state index in [1.807, 2.05) is 6.20 Å². The van der Waals surface area contributed by atoms with Crippen LogP contribution in [0.3, 0.4) is 0 Å². The summed E-state index contributed by atoms with van der Waals surface area (Å²) in [6.07, 6.45) is 1.95. The molecule has 0 aliphatic rings. The fourth-order valence-corrected chi connectivity index (χ4v) is 10.6. The third-order valence-corrected chi connectivity index (χ3v) is 13.2. The summed E-state index contributed by atoms with van der Waals surface area (Å²) in [5.74, 6) is 2.52. The average molecular weight is 817 g/mol. The first-order chi connectivity index (χ1) is 31.8. The third kappa shape index (κ3) is 4.90. The number of hydrogen-bond donors (Lipinski definition) is 0. The Morgan fingerprint density at radius 2 is 0.609 bits per heavy atom. The Bertz CT molecular complexity index is 3920. The van der Waals surface area contributed by atoms with Crippen molar-refractivity contribution in [1.82, 2.24) is 28.2 Å². The molecule has 0 spiro atoms. The number of aromatic nitrogens is 6. The number of rotatable bonds is 5. The summed E-state index contributed by atoms with van der Waals surface area (Å²) in [4.78, 5) is 10.8. The Morgan fingerprint density at radius 1 is 0.266 bits per heavy atom. The predicted molar refractivity (Wildman–Crippen MR) is 265 cm³/mol. The predicted octanol–water partition coefficient (Wildman–Crippen LogP) is 14.5. The third-order valence-electron chi connectivity index (χ3n) is 13.2. The van der Waals surface area contributed by atoms with Crippen molar-refractivity contribution in [2.24, 2.45) is 0 Å². The maximum Gasteiger partial charge on any atom is 0.140 e. The Kier molecular flexibility index (Phi) is 7.30. The van der Waals surface area contributed by atoms with E-state index in [2.05, 4.69) is 231 Å². The number of benzene rings is 8. The van der Waals surface area contributed by atoms with Crippen LogP contribution < -0.4 is 0 Å². The van der Waals surface area contributed by atoms with Gasteiger partial charge in [-0.1, -0.05) is 140 Å². The van der Waals surface area contributed by atoms with Crippen LogP contribution in [0.4, 0.5) is 0 Å². The molecule has 0 saturated carbocycles. The Balaban J connectivity index is 1.05. The molecular formula is C58H36N6. The molecule has 0 bridgehead atoms. The van der Waals surface area contributed by atoms with E-state index in [9.17, 15) is 0 Å². The van der Waals surface area contributed by atoms with Crippen LogP contribution in [0.5, 0.6) is 0 Å². The second kappa shape index (κ2) is 13.4. The quantitative estimate of drug-likeness (QED) is 0.174. The van der Waals surface area contributed by atoms with Gasteiger partial charge in [-0.05, 0) is 83.9 Å². The van der Waals surface area contributed by atoms with Gasteiger partial charge >= 0.3 is 0 Å². The topological polar surface area (TPSA) is 45.5 Å². The van der Waals surface area contributed by atoms with E-state index < -0.39 is 0 Å². The molecule has 64 heavy (non-hydrogen) atoms. The molecule has 6 heteroatoms. The Labute approximate surface area is 366 Å². The van der Waals surface area contributed by atoms with Gasteiger partial charge in [0.05, 0.1) is 49.8 Å². The molecule has 0 aliphatic carbocycles. The number of pyridine rings is 2. The van der Waals surface area contributed by atoms with Crippen LogP contribution in [0, 0.1) is 0 Å². The van der Waals surface area contributed by atoms with Crippen molar-refractivity contribution in [2.45, 2.75) is 0 Å². The molecule has 6 aromatic heterocycles. The number of nitrogens with zero attached hydrogens (tertiary/aromatic N) is 6. The van der Waals surface area contributed by atoms with Crippen molar-refractivity contribution < 1.29 is 0 Å². The van der Waals surface area contributed by atoms with Crippen molar-refractivity contribution in [3.8, 4) is 34.3 Å². The van der Waals surface area contributed by atoms with E-state index in [4.69, 9.17) is 9.97 Å². The zero-order valence-corrected chi connectivity index (χ0v) is 34.5. The minimum absolute atomic E-state index is 0.838. The molecule has 0 amide bonds. The minimum Gasteiger partial charge on any atom is -0.307 e. The maximum absolute atomic E-state index is 5.59. The highest BCUT2D eigenvalue weighted by atomic mass is 15.1. The SMILES string of the molecule is c1ccc2c(c1)c1ccccc1n2-c1cc(-c2ccnc(-n3c4ccccc4c4cccc(-n5c6ccccc6c6ccccc65)c43)c2)cc(-n2c3ccccc3c3ccccc32)n1. The second-order valence-corrected chi connectivity index (χ2v) is 16.6. The van der Waals surface area contributed by atoms with Gasteiger partial charge in [0, 0.05) is 49.3 Å². The van der Waals surface area contributed by atoms with Gasteiger partial charge in [-0.3, -0.25) is 13.7 Å². The van der Waals surface area contributed by atoms with E-state index in [0.717, 1.165) is 67.4 Å². The van der Waals surface area contributed by atoms with Crippen molar-refractivity contribution in [1.29, 1.82) is 0 Å². The van der Waals surface area contributed by atoms with E-state index in [1.165, 1.54) is 54.1 Å². The molecule has 0 aliphatic heterocycles. The molecule has 0 fully saturated rings. The summed E-state index contributed by atoms with van der Waals surface area (Å²) in [5, 5.41) is 9.59. The van der Waals surface area contributed by atoms with E-state index in [-0.39, 0.29) is 0 Å². The lowest BCUT2D eigenvalue weighted by Gasteiger charge is -2.16. The zero-order chi connectivity index (χ0) is 41.9. The molecule has 0 saturated heterocycles. The summed E-state index contributed by atoms with van der Waals surface area (Å²) in [5.41, 5.74) is 12.2. The van der Waals surface area contributed by atoms with Gasteiger partial charge in [0.25, 0.3) is 0 Å².